The lowest BCUT2D eigenvalue weighted by atomic mass is 9.91. The van der Waals surface area contributed by atoms with Crippen molar-refractivity contribution in [1.82, 2.24) is 0 Å². The van der Waals surface area contributed by atoms with Gasteiger partial charge in [0.05, 0.1) is 13.0 Å². The summed E-state index contributed by atoms with van der Waals surface area (Å²) in [4.78, 5) is 23.3. The number of hydrogen-bond donors (Lipinski definition) is 1. The van der Waals surface area contributed by atoms with Gasteiger partial charge in [-0.25, -0.2) is 9.59 Å². The van der Waals surface area contributed by atoms with Crippen molar-refractivity contribution >= 4 is 40.9 Å². The zero-order chi connectivity index (χ0) is 14.9. The van der Waals surface area contributed by atoms with E-state index < -0.39 is 24.0 Å². The van der Waals surface area contributed by atoms with Crippen LogP contribution in [0, 0.1) is 0 Å². The van der Waals surface area contributed by atoms with Gasteiger partial charge in [-0.2, -0.15) is 0 Å². The monoisotopic (exact) mass is 317 g/mol. The molecule has 1 aromatic rings. The van der Waals surface area contributed by atoms with E-state index in [4.69, 9.17) is 33.1 Å². The fourth-order valence-electron chi connectivity index (χ4n) is 1.98. The van der Waals surface area contributed by atoms with Crippen LogP contribution in [0.2, 0.25) is 10.0 Å². The third-order valence-corrected chi connectivity index (χ3v) is 3.44. The molecule has 2 atom stereocenters. The molecule has 1 heterocycles. The first-order valence-electron chi connectivity index (χ1n) is 5.45. The van der Waals surface area contributed by atoms with E-state index >= 15 is 0 Å². The number of halogens is 2. The van der Waals surface area contributed by atoms with E-state index in [1.807, 2.05) is 0 Å². The van der Waals surface area contributed by atoms with Crippen LogP contribution in [0.25, 0.3) is 0 Å². The molecular formula is C12H9Cl2NO5. The molecule has 0 unspecified atom stereocenters. The highest BCUT2D eigenvalue weighted by Crippen LogP contribution is 2.36. The smallest absolute Gasteiger partial charge is 0.357 e. The SMILES string of the molecule is COC(=O)[C@@H]1OC(=O)/C(=N\O)[C@H]1c1ccc(Cl)cc1Cl. The van der Waals surface area contributed by atoms with Crippen molar-refractivity contribution in [3.05, 3.63) is 33.8 Å². The summed E-state index contributed by atoms with van der Waals surface area (Å²) in [7, 11) is 1.16. The lowest BCUT2D eigenvalue weighted by molar-refractivity contribution is -0.159. The van der Waals surface area contributed by atoms with Gasteiger partial charge in [-0.3, -0.25) is 0 Å². The molecule has 0 radical (unpaired) electrons. The topological polar surface area (TPSA) is 85.2 Å². The minimum absolute atomic E-state index is 0.218. The number of esters is 2. The Bertz CT molecular complexity index is 602. The van der Waals surface area contributed by atoms with Crippen molar-refractivity contribution in [3.63, 3.8) is 0 Å². The molecule has 1 aliphatic heterocycles. The highest BCUT2D eigenvalue weighted by Gasteiger charge is 2.48. The number of methoxy groups -OCH3 is 1. The average Bonchev–Trinajstić information content (AvgIpc) is 2.74. The normalized spacial score (nSPS) is 23.8. The Kier molecular flexibility index (Phi) is 4.15. The standard InChI is InChI=1S/C12H9Cl2NO5/c1-19-12(17)10-8(9(15-18)11(16)20-10)6-3-2-5(13)4-7(6)14/h2-4,8,10,18H,1H3/b15-9-/t8-,10-/m1/s1. The summed E-state index contributed by atoms with van der Waals surface area (Å²) in [6, 6.07) is 4.51. The summed E-state index contributed by atoms with van der Waals surface area (Å²) in [6.07, 6.45) is -1.25. The maximum atomic E-state index is 11.7. The molecule has 0 spiro atoms. The second kappa shape index (κ2) is 5.68. The molecule has 1 saturated heterocycles. The Labute approximate surface area is 123 Å². The highest BCUT2D eigenvalue weighted by atomic mass is 35.5. The molecule has 0 saturated carbocycles. The Hall–Kier alpha value is -1.79. The predicted molar refractivity (Wildman–Crippen MR) is 70.3 cm³/mol. The molecule has 0 amide bonds. The van der Waals surface area contributed by atoms with Crippen molar-refractivity contribution in [1.29, 1.82) is 0 Å². The maximum absolute atomic E-state index is 11.7. The number of oxime groups is 1. The van der Waals surface area contributed by atoms with Crippen LogP contribution in [0.3, 0.4) is 0 Å². The Morgan fingerprint density at radius 3 is 2.70 bits per heavy atom. The van der Waals surface area contributed by atoms with E-state index in [9.17, 15) is 9.59 Å². The van der Waals surface area contributed by atoms with E-state index in [2.05, 4.69) is 9.89 Å². The number of nitrogens with zero attached hydrogens (tertiary/aromatic N) is 1. The molecule has 106 valence electrons. The minimum atomic E-state index is -1.25. The minimum Gasteiger partial charge on any atom is -0.466 e. The molecule has 1 aromatic carbocycles. The summed E-state index contributed by atoms with van der Waals surface area (Å²) < 4.78 is 9.44. The van der Waals surface area contributed by atoms with Crippen LogP contribution < -0.4 is 0 Å². The molecule has 20 heavy (non-hydrogen) atoms. The van der Waals surface area contributed by atoms with Crippen LogP contribution in [0.15, 0.2) is 23.4 Å². The molecule has 1 N–H and O–H groups in total. The number of carbonyl (C=O) groups excluding carboxylic acids is 2. The third-order valence-electron chi connectivity index (χ3n) is 2.88. The van der Waals surface area contributed by atoms with E-state index in [0.29, 0.717) is 10.6 Å². The van der Waals surface area contributed by atoms with Gasteiger partial charge in [0.25, 0.3) is 0 Å². The largest absolute Gasteiger partial charge is 0.466 e. The number of cyclic esters (lactones) is 1. The second-order valence-electron chi connectivity index (χ2n) is 3.98. The Balaban J connectivity index is 2.53. The first-order chi connectivity index (χ1) is 9.49. The number of carbonyl (C=O) groups is 2. The van der Waals surface area contributed by atoms with Gasteiger partial charge < -0.3 is 14.7 Å². The maximum Gasteiger partial charge on any atom is 0.357 e. The molecule has 0 bridgehead atoms. The van der Waals surface area contributed by atoms with Gasteiger partial charge in [0.2, 0.25) is 6.10 Å². The van der Waals surface area contributed by atoms with Crippen LogP contribution in [-0.2, 0) is 19.1 Å². The fourth-order valence-corrected chi connectivity index (χ4v) is 2.51. The number of hydrogen-bond acceptors (Lipinski definition) is 6. The number of rotatable bonds is 2. The van der Waals surface area contributed by atoms with Gasteiger partial charge in [-0.15, -0.1) is 0 Å². The summed E-state index contributed by atoms with van der Waals surface area (Å²) in [6.45, 7) is 0. The van der Waals surface area contributed by atoms with Crippen molar-refractivity contribution in [2.75, 3.05) is 7.11 Å². The summed E-state index contributed by atoms with van der Waals surface area (Å²) in [5, 5.41) is 12.5. The highest BCUT2D eigenvalue weighted by molar-refractivity contribution is 6.42. The first-order valence-corrected chi connectivity index (χ1v) is 6.21. The third kappa shape index (κ3) is 2.44. The van der Waals surface area contributed by atoms with Crippen molar-refractivity contribution < 1.29 is 24.3 Å². The zero-order valence-electron chi connectivity index (χ0n) is 10.2. The van der Waals surface area contributed by atoms with Gasteiger partial charge in [0.15, 0.2) is 5.71 Å². The summed E-state index contributed by atoms with van der Waals surface area (Å²) in [5.74, 6) is -2.63. The molecule has 2 rings (SSSR count). The fraction of sp³-hybridized carbons (Fsp3) is 0.250. The number of benzene rings is 1. The van der Waals surface area contributed by atoms with E-state index in [1.165, 1.54) is 18.2 Å². The van der Waals surface area contributed by atoms with E-state index in [-0.39, 0.29) is 10.7 Å². The van der Waals surface area contributed by atoms with Gasteiger partial charge in [0.1, 0.15) is 0 Å². The van der Waals surface area contributed by atoms with Gasteiger partial charge in [-0.1, -0.05) is 34.4 Å². The van der Waals surface area contributed by atoms with E-state index in [0.717, 1.165) is 7.11 Å². The summed E-state index contributed by atoms with van der Waals surface area (Å²) in [5.41, 5.74) is 0.0646. The molecule has 1 aliphatic rings. The van der Waals surface area contributed by atoms with Crippen LogP contribution in [0.4, 0.5) is 0 Å². The van der Waals surface area contributed by atoms with Crippen molar-refractivity contribution in [2.24, 2.45) is 5.16 Å². The van der Waals surface area contributed by atoms with Crippen LogP contribution in [0.1, 0.15) is 11.5 Å². The molecular weight excluding hydrogens is 309 g/mol. The van der Waals surface area contributed by atoms with Gasteiger partial charge >= 0.3 is 11.9 Å². The second-order valence-corrected chi connectivity index (χ2v) is 4.82. The molecule has 0 aliphatic carbocycles. The molecule has 0 aromatic heterocycles. The molecule has 6 nitrogen and oxygen atoms in total. The molecule has 1 fully saturated rings. The van der Waals surface area contributed by atoms with Crippen LogP contribution in [0.5, 0.6) is 0 Å². The summed E-state index contributed by atoms with van der Waals surface area (Å²) >= 11 is 11.8. The quantitative estimate of drug-likeness (QED) is 0.512. The van der Waals surface area contributed by atoms with Crippen LogP contribution in [-0.4, -0.2) is 36.1 Å². The van der Waals surface area contributed by atoms with Gasteiger partial charge in [0, 0.05) is 10.0 Å². The number of ether oxygens (including phenoxy) is 2. The van der Waals surface area contributed by atoms with E-state index in [1.54, 1.807) is 0 Å². The van der Waals surface area contributed by atoms with Crippen LogP contribution >= 0.6 is 23.2 Å². The molecule has 8 heteroatoms. The Morgan fingerprint density at radius 1 is 1.45 bits per heavy atom. The Morgan fingerprint density at radius 2 is 2.15 bits per heavy atom. The first kappa shape index (κ1) is 14.6. The van der Waals surface area contributed by atoms with Gasteiger partial charge in [-0.05, 0) is 17.7 Å². The average molecular weight is 318 g/mol. The lowest BCUT2D eigenvalue weighted by Crippen LogP contribution is -2.28. The lowest BCUT2D eigenvalue weighted by Gasteiger charge is -2.16. The predicted octanol–water partition coefficient (Wildman–Crippen LogP) is 2.01. The van der Waals surface area contributed by atoms with Crippen molar-refractivity contribution in [3.8, 4) is 0 Å². The zero-order valence-corrected chi connectivity index (χ0v) is 11.7. The van der Waals surface area contributed by atoms with Crippen molar-refractivity contribution in [2.45, 2.75) is 12.0 Å².